The van der Waals surface area contributed by atoms with Crippen molar-refractivity contribution in [1.82, 2.24) is 5.32 Å². The van der Waals surface area contributed by atoms with Crippen LogP contribution in [0.3, 0.4) is 0 Å². The summed E-state index contributed by atoms with van der Waals surface area (Å²) in [5.41, 5.74) is 0.871. The number of hydrogen-bond acceptors (Lipinski definition) is 4. The molecule has 5 nitrogen and oxygen atoms in total. The number of carbonyl (C=O) groups is 2. The van der Waals surface area contributed by atoms with Crippen LogP contribution in [-0.2, 0) is 20.7 Å². The fraction of sp³-hybridized carbons (Fsp3) is 0.222. The zero-order valence-electron chi connectivity index (χ0n) is 13.0. The van der Waals surface area contributed by atoms with E-state index in [2.05, 4.69) is 5.32 Å². The Morgan fingerprint density at radius 2 is 1.67 bits per heavy atom. The average Bonchev–Trinajstić information content (AvgIpc) is 2.59. The van der Waals surface area contributed by atoms with Crippen molar-refractivity contribution in [2.24, 2.45) is 0 Å². The Morgan fingerprint density at radius 1 is 0.958 bits per heavy atom. The van der Waals surface area contributed by atoms with E-state index in [1.165, 1.54) is 24.3 Å². The van der Waals surface area contributed by atoms with E-state index in [4.69, 9.17) is 9.47 Å². The number of ether oxygens (including phenoxy) is 2. The highest BCUT2D eigenvalue weighted by atomic mass is 19.1. The Kier molecular flexibility index (Phi) is 6.76. The average molecular weight is 331 g/mol. The summed E-state index contributed by atoms with van der Waals surface area (Å²) < 4.78 is 22.9. The largest absolute Gasteiger partial charge is 0.490 e. The van der Waals surface area contributed by atoms with Gasteiger partial charge in [-0.05, 0) is 29.8 Å². The van der Waals surface area contributed by atoms with E-state index in [0.717, 1.165) is 5.56 Å². The Morgan fingerprint density at radius 3 is 2.38 bits per heavy atom. The molecule has 0 bridgehead atoms. The molecular formula is C18H18FNO4. The van der Waals surface area contributed by atoms with Crippen molar-refractivity contribution in [3.8, 4) is 5.75 Å². The normalized spacial score (nSPS) is 10.0. The third-order valence-corrected chi connectivity index (χ3v) is 3.07. The van der Waals surface area contributed by atoms with Crippen LogP contribution in [0.2, 0.25) is 0 Å². The fourth-order valence-corrected chi connectivity index (χ4v) is 1.91. The van der Waals surface area contributed by atoms with Crippen LogP contribution in [0, 0.1) is 5.82 Å². The molecule has 0 unspecified atom stereocenters. The molecule has 24 heavy (non-hydrogen) atoms. The van der Waals surface area contributed by atoms with Gasteiger partial charge in [0.2, 0.25) is 5.91 Å². The third-order valence-electron chi connectivity index (χ3n) is 3.07. The molecule has 2 aromatic carbocycles. The molecule has 0 aliphatic heterocycles. The second-order valence-electron chi connectivity index (χ2n) is 4.96. The molecule has 6 heteroatoms. The van der Waals surface area contributed by atoms with Crippen LogP contribution in [0.25, 0.3) is 0 Å². The Bertz CT molecular complexity index is 658. The maximum atomic E-state index is 12.7. The summed E-state index contributed by atoms with van der Waals surface area (Å²) in [5.74, 6) is -0.650. The zero-order valence-corrected chi connectivity index (χ0v) is 13.0. The lowest BCUT2D eigenvalue weighted by molar-refractivity contribution is -0.144. The Labute approximate surface area is 139 Å². The van der Waals surface area contributed by atoms with Crippen molar-refractivity contribution in [2.45, 2.75) is 6.42 Å². The topological polar surface area (TPSA) is 64.6 Å². The number of esters is 1. The molecule has 0 fully saturated rings. The first-order valence-corrected chi connectivity index (χ1v) is 7.48. The summed E-state index contributed by atoms with van der Waals surface area (Å²) in [7, 11) is 0. The smallest absolute Gasteiger partial charge is 0.325 e. The van der Waals surface area contributed by atoms with Crippen molar-refractivity contribution in [3.63, 3.8) is 0 Å². The van der Waals surface area contributed by atoms with Crippen LogP contribution < -0.4 is 10.1 Å². The minimum absolute atomic E-state index is 0.0464. The van der Waals surface area contributed by atoms with Crippen LogP contribution in [0.1, 0.15) is 5.56 Å². The molecule has 2 rings (SSSR count). The van der Waals surface area contributed by atoms with Crippen molar-refractivity contribution in [3.05, 3.63) is 66.0 Å². The first kappa shape index (κ1) is 17.5. The van der Waals surface area contributed by atoms with E-state index in [0.29, 0.717) is 5.75 Å². The van der Waals surface area contributed by atoms with Gasteiger partial charge >= 0.3 is 5.97 Å². The third kappa shape index (κ3) is 6.48. The van der Waals surface area contributed by atoms with E-state index in [1.807, 2.05) is 30.3 Å². The molecule has 0 heterocycles. The zero-order chi connectivity index (χ0) is 17.2. The quantitative estimate of drug-likeness (QED) is 0.594. The molecule has 0 radical (unpaired) electrons. The summed E-state index contributed by atoms with van der Waals surface area (Å²) in [6.45, 7) is 0.00230. The summed E-state index contributed by atoms with van der Waals surface area (Å²) >= 11 is 0. The SMILES string of the molecule is O=C(Cc1ccccc1)NCC(=O)OCCOc1ccc(F)cc1. The molecule has 0 saturated carbocycles. The number of benzene rings is 2. The van der Waals surface area contributed by atoms with Gasteiger partial charge in [-0.15, -0.1) is 0 Å². The molecule has 2 aromatic rings. The maximum Gasteiger partial charge on any atom is 0.325 e. The predicted octanol–water partition coefficient (Wildman–Crippen LogP) is 2.11. The van der Waals surface area contributed by atoms with Crippen molar-refractivity contribution in [1.29, 1.82) is 0 Å². The van der Waals surface area contributed by atoms with Gasteiger partial charge in [-0.25, -0.2) is 4.39 Å². The van der Waals surface area contributed by atoms with Gasteiger partial charge in [-0.3, -0.25) is 9.59 Å². The number of carbonyl (C=O) groups excluding carboxylic acids is 2. The van der Waals surface area contributed by atoms with Crippen molar-refractivity contribution >= 4 is 11.9 Å². The van der Waals surface area contributed by atoms with E-state index in [9.17, 15) is 14.0 Å². The number of halogens is 1. The lowest BCUT2D eigenvalue weighted by Crippen LogP contribution is -2.32. The number of rotatable bonds is 8. The molecule has 0 aliphatic rings. The van der Waals surface area contributed by atoms with Crippen molar-refractivity contribution < 1.29 is 23.5 Å². The lowest BCUT2D eigenvalue weighted by Gasteiger charge is -2.08. The molecule has 0 saturated heterocycles. The van der Waals surface area contributed by atoms with Gasteiger partial charge in [0.05, 0.1) is 6.42 Å². The molecule has 0 aromatic heterocycles. The van der Waals surface area contributed by atoms with Crippen LogP contribution in [-0.4, -0.2) is 31.6 Å². The summed E-state index contributed by atoms with van der Waals surface area (Å²) in [5, 5.41) is 2.50. The highest BCUT2D eigenvalue weighted by Crippen LogP contribution is 2.10. The maximum absolute atomic E-state index is 12.7. The molecule has 1 N–H and O–H groups in total. The summed E-state index contributed by atoms with van der Waals surface area (Å²) in [6, 6.07) is 14.8. The number of amides is 1. The van der Waals surface area contributed by atoms with E-state index >= 15 is 0 Å². The van der Waals surface area contributed by atoms with Gasteiger partial charge in [-0.1, -0.05) is 30.3 Å². The number of nitrogens with one attached hydrogen (secondary N) is 1. The standard InChI is InChI=1S/C18H18FNO4/c19-15-6-8-16(9-7-15)23-10-11-24-18(22)13-20-17(21)12-14-4-2-1-3-5-14/h1-9H,10-13H2,(H,20,21). The predicted molar refractivity (Wildman–Crippen MR) is 86.0 cm³/mol. The van der Waals surface area contributed by atoms with E-state index in [1.54, 1.807) is 0 Å². The molecule has 1 amide bonds. The van der Waals surface area contributed by atoms with Gasteiger partial charge in [0.1, 0.15) is 31.3 Å². The highest BCUT2D eigenvalue weighted by Gasteiger charge is 2.07. The van der Waals surface area contributed by atoms with Gasteiger partial charge < -0.3 is 14.8 Å². The minimum Gasteiger partial charge on any atom is -0.490 e. The molecule has 0 aliphatic carbocycles. The molecule has 0 spiro atoms. The lowest BCUT2D eigenvalue weighted by atomic mass is 10.1. The van der Waals surface area contributed by atoms with E-state index in [-0.39, 0.29) is 37.9 Å². The summed E-state index contributed by atoms with van der Waals surface area (Å²) in [6.07, 6.45) is 0.210. The van der Waals surface area contributed by atoms with Crippen LogP contribution in [0.15, 0.2) is 54.6 Å². The number of hydrogen-bond donors (Lipinski definition) is 1. The minimum atomic E-state index is -0.542. The monoisotopic (exact) mass is 331 g/mol. The van der Waals surface area contributed by atoms with Crippen LogP contribution in [0.5, 0.6) is 5.75 Å². The summed E-state index contributed by atoms with van der Waals surface area (Å²) in [4.78, 5) is 23.2. The van der Waals surface area contributed by atoms with Crippen LogP contribution in [0.4, 0.5) is 4.39 Å². The first-order valence-electron chi connectivity index (χ1n) is 7.48. The Balaban J connectivity index is 1.58. The second-order valence-corrected chi connectivity index (χ2v) is 4.96. The van der Waals surface area contributed by atoms with Gasteiger partial charge in [0.25, 0.3) is 0 Å². The van der Waals surface area contributed by atoms with Gasteiger partial charge in [0, 0.05) is 0 Å². The van der Waals surface area contributed by atoms with Crippen LogP contribution >= 0.6 is 0 Å². The fourth-order valence-electron chi connectivity index (χ4n) is 1.91. The Hall–Kier alpha value is -2.89. The molecule has 126 valence electrons. The van der Waals surface area contributed by atoms with Crippen molar-refractivity contribution in [2.75, 3.05) is 19.8 Å². The molecule has 0 atom stereocenters. The second kappa shape index (κ2) is 9.29. The highest BCUT2D eigenvalue weighted by molar-refractivity contribution is 5.83. The van der Waals surface area contributed by atoms with Gasteiger partial charge in [-0.2, -0.15) is 0 Å². The van der Waals surface area contributed by atoms with E-state index < -0.39 is 5.97 Å². The molecular weight excluding hydrogens is 313 g/mol. The van der Waals surface area contributed by atoms with Gasteiger partial charge in [0.15, 0.2) is 0 Å². The first-order chi connectivity index (χ1) is 11.6.